The summed E-state index contributed by atoms with van der Waals surface area (Å²) in [5.41, 5.74) is 1.96. The maximum absolute atomic E-state index is 11.2. The maximum Gasteiger partial charge on any atom is 0.219 e. The van der Waals surface area contributed by atoms with E-state index in [0.29, 0.717) is 12.3 Å². The van der Waals surface area contributed by atoms with Gasteiger partial charge in [0.05, 0.1) is 5.69 Å². The van der Waals surface area contributed by atoms with E-state index in [2.05, 4.69) is 10.2 Å². The molecule has 1 aromatic rings. The number of aromatic amines is 1. The molecule has 2 rings (SSSR count). The number of carbonyl (C=O) groups excluding carboxylic acids is 1. The Hall–Kier alpha value is -1.36. The molecule has 0 saturated carbocycles. The van der Waals surface area contributed by atoms with Crippen LogP contribution in [0.3, 0.4) is 0 Å². The Morgan fingerprint density at radius 2 is 2.56 bits per heavy atom. The molecule has 1 atom stereocenters. The van der Waals surface area contributed by atoms with E-state index in [-0.39, 0.29) is 12.5 Å². The van der Waals surface area contributed by atoms with Crippen molar-refractivity contribution in [3.05, 3.63) is 17.5 Å². The summed E-state index contributed by atoms with van der Waals surface area (Å²) in [5.74, 6) is 0.473. The quantitative estimate of drug-likeness (QED) is 0.773. The summed E-state index contributed by atoms with van der Waals surface area (Å²) in [4.78, 5) is 13.0. The zero-order valence-corrected chi connectivity index (χ0v) is 9.44. The number of H-pyrrole nitrogens is 1. The normalized spacial score (nSPS) is 20.4. The predicted octanol–water partition coefficient (Wildman–Crippen LogP) is 0.280. The summed E-state index contributed by atoms with van der Waals surface area (Å²) in [6, 6.07) is 1.99. The van der Waals surface area contributed by atoms with Gasteiger partial charge in [-0.05, 0) is 12.5 Å². The first kappa shape index (κ1) is 11.1. The number of nitrogens with zero attached hydrogens (tertiary/aromatic N) is 2. The van der Waals surface area contributed by atoms with E-state index in [0.717, 1.165) is 30.9 Å². The minimum Gasteiger partial charge on any atom is -0.396 e. The van der Waals surface area contributed by atoms with Crippen LogP contribution >= 0.6 is 0 Å². The van der Waals surface area contributed by atoms with Gasteiger partial charge in [0.1, 0.15) is 0 Å². The van der Waals surface area contributed by atoms with Gasteiger partial charge in [-0.25, -0.2) is 0 Å². The number of aliphatic hydroxyl groups excluding tert-OH is 1. The smallest absolute Gasteiger partial charge is 0.219 e. The maximum atomic E-state index is 11.2. The van der Waals surface area contributed by atoms with Gasteiger partial charge in [-0.15, -0.1) is 0 Å². The van der Waals surface area contributed by atoms with Crippen LogP contribution in [0.2, 0.25) is 0 Å². The van der Waals surface area contributed by atoms with Gasteiger partial charge < -0.3 is 10.0 Å². The summed E-state index contributed by atoms with van der Waals surface area (Å²) < 4.78 is 0. The fraction of sp³-hybridized carbons (Fsp3) is 0.636. The van der Waals surface area contributed by atoms with Crippen LogP contribution in [0.5, 0.6) is 0 Å². The largest absolute Gasteiger partial charge is 0.396 e. The summed E-state index contributed by atoms with van der Waals surface area (Å²) >= 11 is 0. The predicted molar refractivity (Wildman–Crippen MR) is 59.0 cm³/mol. The van der Waals surface area contributed by atoms with Gasteiger partial charge in [0.25, 0.3) is 0 Å². The second-order valence-corrected chi connectivity index (χ2v) is 4.24. The molecule has 0 aliphatic carbocycles. The number of hydrogen-bond acceptors (Lipinski definition) is 3. The van der Waals surface area contributed by atoms with E-state index >= 15 is 0 Å². The van der Waals surface area contributed by atoms with Crippen LogP contribution in [0.1, 0.15) is 30.7 Å². The monoisotopic (exact) mass is 223 g/mol. The number of rotatable bonds is 3. The molecule has 88 valence electrons. The fourth-order valence-corrected chi connectivity index (χ4v) is 2.12. The van der Waals surface area contributed by atoms with Gasteiger partial charge in [-0.2, -0.15) is 5.10 Å². The van der Waals surface area contributed by atoms with Gasteiger partial charge in [0.15, 0.2) is 0 Å². The lowest BCUT2D eigenvalue weighted by molar-refractivity contribution is -0.127. The van der Waals surface area contributed by atoms with Crippen molar-refractivity contribution >= 4 is 5.91 Å². The number of carbonyl (C=O) groups is 1. The molecule has 2 heterocycles. The molecule has 1 aliphatic heterocycles. The first-order valence-electron chi connectivity index (χ1n) is 5.61. The minimum atomic E-state index is 0.131. The molecule has 0 aromatic carbocycles. The van der Waals surface area contributed by atoms with Crippen molar-refractivity contribution in [1.82, 2.24) is 15.1 Å². The first-order valence-corrected chi connectivity index (χ1v) is 5.61. The molecule has 5 heteroatoms. The van der Waals surface area contributed by atoms with Crippen molar-refractivity contribution in [1.29, 1.82) is 0 Å². The Balaban J connectivity index is 2.00. The lowest BCUT2D eigenvalue weighted by atomic mass is 10.0. The Morgan fingerprint density at radius 1 is 1.75 bits per heavy atom. The molecule has 0 spiro atoms. The molecule has 0 bridgehead atoms. The zero-order chi connectivity index (χ0) is 11.5. The number of amides is 1. The standard InChI is InChI=1S/C11H17N3O2/c1-8(16)14-4-2-9(7-14)11-6-10(3-5-15)12-13-11/h6,9,15H,2-5,7H2,1H3,(H,12,13)/t9-/m1/s1. The zero-order valence-electron chi connectivity index (χ0n) is 9.44. The molecule has 5 nitrogen and oxygen atoms in total. The highest BCUT2D eigenvalue weighted by atomic mass is 16.3. The molecule has 0 radical (unpaired) electrons. The van der Waals surface area contributed by atoms with E-state index < -0.39 is 0 Å². The molecular formula is C11H17N3O2. The Bertz CT molecular complexity index is 375. The lowest BCUT2D eigenvalue weighted by Gasteiger charge is -2.12. The van der Waals surface area contributed by atoms with Crippen molar-refractivity contribution in [2.75, 3.05) is 19.7 Å². The minimum absolute atomic E-state index is 0.131. The van der Waals surface area contributed by atoms with Gasteiger partial charge in [-0.1, -0.05) is 0 Å². The third-order valence-corrected chi connectivity index (χ3v) is 3.08. The van der Waals surface area contributed by atoms with Gasteiger partial charge in [0.2, 0.25) is 5.91 Å². The Kier molecular flexibility index (Phi) is 3.24. The molecule has 1 aliphatic rings. The lowest BCUT2D eigenvalue weighted by Crippen LogP contribution is -2.25. The van der Waals surface area contributed by atoms with Crippen LogP contribution in [0.15, 0.2) is 6.07 Å². The number of aromatic nitrogens is 2. The van der Waals surface area contributed by atoms with Crippen LogP contribution in [0, 0.1) is 0 Å². The topological polar surface area (TPSA) is 69.2 Å². The molecular weight excluding hydrogens is 206 g/mol. The number of hydrogen-bond donors (Lipinski definition) is 2. The van der Waals surface area contributed by atoms with E-state index in [1.165, 1.54) is 0 Å². The van der Waals surface area contributed by atoms with E-state index in [9.17, 15) is 4.79 Å². The summed E-state index contributed by atoms with van der Waals surface area (Å²) in [6.07, 6.45) is 1.58. The first-order chi connectivity index (χ1) is 7.70. The summed E-state index contributed by atoms with van der Waals surface area (Å²) in [7, 11) is 0. The second kappa shape index (κ2) is 4.65. The SMILES string of the molecule is CC(=O)N1CC[C@@H](c2cc(CCO)[nH]n2)C1. The van der Waals surface area contributed by atoms with Crippen LogP contribution in [0.4, 0.5) is 0 Å². The molecule has 1 amide bonds. The van der Waals surface area contributed by atoms with Gasteiger partial charge in [0, 0.05) is 44.7 Å². The van der Waals surface area contributed by atoms with Crippen molar-refractivity contribution in [3.8, 4) is 0 Å². The molecule has 2 N–H and O–H groups in total. The Labute approximate surface area is 94.5 Å². The van der Waals surface area contributed by atoms with Crippen molar-refractivity contribution in [2.24, 2.45) is 0 Å². The highest BCUT2D eigenvalue weighted by Crippen LogP contribution is 2.26. The van der Waals surface area contributed by atoms with Crippen molar-refractivity contribution < 1.29 is 9.90 Å². The number of likely N-dealkylation sites (tertiary alicyclic amines) is 1. The van der Waals surface area contributed by atoms with Crippen LogP contribution in [-0.2, 0) is 11.2 Å². The van der Waals surface area contributed by atoms with E-state index in [1.807, 2.05) is 11.0 Å². The second-order valence-electron chi connectivity index (χ2n) is 4.24. The molecule has 0 unspecified atom stereocenters. The molecule has 1 saturated heterocycles. The molecule has 1 fully saturated rings. The number of aliphatic hydroxyl groups is 1. The third kappa shape index (κ3) is 2.24. The summed E-state index contributed by atoms with van der Waals surface area (Å²) in [6.45, 7) is 3.32. The average molecular weight is 223 g/mol. The third-order valence-electron chi connectivity index (χ3n) is 3.08. The van der Waals surface area contributed by atoms with Gasteiger partial charge >= 0.3 is 0 Å². The van der Waals surface area contributed by atoms with Crippen molar-refractivity contribution in [3.63, 3.8) is 0 Å². The van der Waals surface area contributed by atoms with E-state index in [1.54, 1.807) is 6.92 Å². The molecule has 1 aromatic heterocycles. The van der Waals surface area contributed by atoms with Crippen LogP contribution < -0.4 is 0 Å². The highest BCUT2D eigenvalue weighted by Gasteiger charge is 2.26. The van der Waals surface area contributed by atoms with Crippen LogP contribution in [0.25, 0.3) is 0 Å². The average Bonchev–Trinajstić information content (AvgIpc) is 2.84. The fourth-order valence-electron chi connectivity index (χ4n) is 2.12. The number of nitrogens with one attached hydrogen (secondary N) is 1. The van der Waals surface area contributed by atoms with E-state index in [4.69, 9.17) is 5.11 Å². The highest BCUT2D eigenvalue weighted by molar-refractivity contribution is 5.73. The summed E-state index contributed by atoms with van der Waals surface area (Å²) in [5, 5.41) is 16.0. The van der Waals surface area contributed by atoms with Crippen LogP contribution in [-0.4, -0.2) is 45.8 Å². The Morgan fingerprint density at radius 3 is 3.19 bits per heavy atom. The molecule has 16 heavy (non-hydrogen) atoms. The van der Waals surface area contributed by atoms with Crippen molar-refractivity contribution in [2.45, 2.75) is 25.7 Å². The van der Waals surface area contributed by atoms with Gasteiger partial charge in [-0.3, -0.25) is 9.89 Å².